The summed E-state index contributed by atoms with van der Waals surface area (Å²) >= 11 is 0. The first-order valence-corrected chi connectivity index (χ1v) is 7.58. The number of hydrogen-bond donors (Lipinski definition) is 0. The zero-order chi connectivity index (χ0) is 16.4. The first kappa shape index (κ1) is 15.2. The van der Waals surface area contributed by atoms with Gasteiger partial charge in [-0.2, -0.15) is 5.10 Å². The minimum Gasteiger partial charge on any atom is -0.497 e. The average Bonchev–Trinajstić information content (AvgIpc) is 3.03. The van der Waals surface area contributed by atoms with Crippen molar-refractivity contribution in [2.75, 3.05) is 7.11 Å². The van der Waals surface area contributed by atoms with E-state index in [0.717, 1.165) is 18.8 Å². The van der Waals surface area contributed by atoms with E-state index in [1.807, 2.05) is 11.6 Å². The van der Waals surface area contributed by atoms with Gasteiger partial charge in [0.1, 0.15) is 17.9 Å². The molecule has 0 spiro atoms. The minimum atomic E-state index is -0.250. The van der Waals surface area contributed by atoms with E-state index in [1.165, 1.54) is 6.33 Å². The maximum absolute atomic E-state index is 12.8. The second kappa shape index (κ2) is 6.20. The predicted octanol–water partition coefficient (Wildman–Crippen LogP) is 2.02. The fraction of sp³-hybridized carbons (Fsp3) is 0.375. The third-order valence-electron chi connectivity index (χ3n) is 3.86. The molecule has 7 nitrogen and oxygen atoms in total. The molecule has 7 heteroatoms. The Balaban J connectivity index is 2.10. The fourth-order valence-corrected chi connectivity index (χ4v) is 2.62. The van der Waals surface area contributed by atoms with Gasteiger partial charge in [0.25, 0.3) is 5.56 Å². The Bertz CT molecular complexity index is 884. The van der Waals surface area contributed by atoms with Gasteiger partial charge >= 0.3 is 0 Å². The Labute approximate surface area is 133 Å². The van der Waals surface area contributed by atoms with Crippen molar-refractivity contribution in [2.24, 2.45) is 0 Å². The van der Waals surface area contributed by atoms with Crippen molar-refractivity contribution >= 4 is 10.9 Å². The van der Waals surface area contributed by atoms with Crippen molar-refractivity contribution < 1.29 is 4.74 Å². The van der Waals surface area contributed by atoms with E-state index in [-0.39, 0.29) is 11.6 Å². The van der Waals surface area contributed by atoms with E-state index < -0.39 is 0 Å². The number of nitrogens with zero attached hydrogens (tertiary/aromatic N) is 5. The Hall–Kier alpha value is -2.70. The highest BCUT2D eigenvalue weighted by Crippen LogP contribution is 2.18. The molecule has 0 fully saturated rings. The highest BCUT2D eigenvalue weighted by atomic mass is 16.5. The van der Waals surface area contributed by atoms with Crippen LogP contribution in [0.25, 0.3) is 10.9 Å². The lowest BCUT2D eigenvalue weighted by Gasteiger charge is -2.15. The molecule has 2 aromatic heterocycles. The van der Waals surface area contributed by atoms with Crippen molar-refractivity contribution in [1.82, 2.24) is 24.3 Å². The molecule has 3 aromatic rings. The van der Waals surface area contributed by atoms with Gasteiger partial charge in [0, 0.05) is 6.54 Å². The molecule has 0 aliphatic heterocycles. The first-order valence-electron chi connectivity index (χ1n) is 7.58. The van der Waals surface area contributed by atoms with Crippen LogP contribution in [0.3, 0.4) is 0 Å². The Morgan fingerprint density at radius 1 is 1.30 bits per heavy atom. The molecule has 0 aliphatic carbocycles. The molecule has 0 amide bonds. The minimum absolute atomic E-state index is 0.118. The van der Waals surface area contributed by atoms with Crippen molar-refractivity contribution in [3.05, 3.63) is 47.0 Å². The molecule has 0 N–H and O–H groups in total. The maximum atomic E-state index is 12.8. The number of ether oxygens (including phenoxy) is 1. The second-order valence-corrected chi connectivity index (χ2v) is 5.36. The molecular formula is C16H19N5O2. The SMILES string of the molecule is CCCn1ncnc1[C@H](C)n1cnc2ccc(OC)cc2c1=O. The quantitative estimate of drug-likeness (QED) is 0.720. The number of benzene rings is 1. The number of aromatic nitrogens is 5. The summed E-state index contributed by atoms with van der Waals surface area (Å²) in [7, 11) is 1.58. The van der Waals surface area contributed by atoms with Crippen LogP contribution >= 0.6 is 0 Å². The van der Waals surface area contributed by atoms with Crippen LogP contribution in [0.5, 0.6) is 5.75 Å². The summed E-state index contributed by atoms with van der Waals surface area (Å²) < 4.78 is 8.61. The van der Waals surface area contributed by atoms with Crippen molar-refractivity contribution in [3.63, 3.8) is 0 Å². The summed E-state index contributed by atoms with van der Waals surface area (Å²) in [5.41, 5.74) is 0.529. The van der Waals surface area contributed by atoms with Crippen LogP contribution in [0.4, 0.5) is 0 Å². The maximum Gasteiger partial charge on any atom is 0.261 e. The van der Waals surface area contributed by atoms with Gasteiger partial charge in [-0.15, -0.1) is 0 Å². The standard InChI is InChI=1S/C16H19N5O2/c1-4-7-21-15(17-9-19-21)11(2)20-10-18-14-6-5-12(23-3)8-13(14)16(20)22/h5-6,8-11H,4,7H2,1-3H3/t11-/m0/s1. The summed E-state index contributed by atoms with van der Waals surface area (Å²) in [6.45, 7) is 4.76. The largest absolute Gasteiger partial charge is 0.497 e. The van der Waals surface area contributed by atoms with Gasteiger partial charge in [-0.3, -0.25) is 9.36 Å². The summed E-state index contributed by atoms with van der Waals surface area (Å²) in [6, 6.07) is 5.04. The first-order chi connectivity index (χ1) is 11.2. The van der Waals surface area contributed by atoms with Crippen LogP contribution in [-0.4, -0.2) is 31.4 Å². The molecule has 0 saturated heterocycles. The molecule has 120 valence electrons. The van der Waals surface area contributed by atoms with Crippen LogP contribution in [0.15, 0.2) is 35.6 Å². The fourth-order valence-electron chi connectivity index (χ4n) is 2.62. The number of rotatable bonds is 5. The monoisotopic (exact) mass is 313 g/mol. The van der Waals surface area contributed by atoms with Crippen molar-refractivity contribution in [2.45, 2.75) is 32.9 Å². The molecule has 3 rings (SSSR count). The molecule has 1 atom stereocenters. The molecule has 0 saturated carbocycles. The highest BCUT2D eigenvalue weighted by Gasteiger charge is 2.17. The van der Waals surface area contributed by atoms with Crippen molar-refractivity contribution in [1.29, 1.82) is 0 Å². The third kappa shape index (κ3) is 2.69. The van der Waals surface area contributed by atoms with Crippen LogP contribution in [0.2, 0.25) is 0 Å². The normalized spacial score (nSPS) is 12.5. The Morgan fingerprint density at radius 2 is 2.13 bits per heavy atom. The third-order valence-corrected chi connectivity index (χ3v) is 3.86. The molecular weight excluding hydrogens is 294 g/mol. The molecule has 0 radical (unpaired) electrons. The summed E-state index contributed by atoms with van der Waals surface area (Å²) in [4.78, 5) is 21.5. The van der Waals surface area contributed by atoms with E-state index in [0.29, 0.717) is 16.7 Å². The van der Waals surface area contributed by atoms with Crippen molar-refractivity contribution in [3.8, 4) is 5.75 Å². The topological polar surface area (TPSA) is 74.8 Å². The lowest BCUT2D eigenvalue weighted by atomic mass is 10.2. The van der Waals surface area contributed by atoms with Gasteiger partial charge in [0.15, 0.2) is 0 Å². The summed E-state index contributed by atoms with van der Waals surface area (Å²) in [5.74, 6) is 1.38. The second-order valence-electron chi connectivity index (χ2n) is 5.36. The smallest absolute Gasteiger partial charge is 0.261 e. The van der Waals surface area contributed by atoms with E-state index in [1.54, 1.807) is 36.2 Å². The Morgan fingerprint density at radius 3 is 2.87 bits per heavy atom. The van der Waals surface area contributed by atoms with Crippen LogP contribution in [0.1, 0.15) is 32.1 Å². The molecule has 2 heterocycles. The van der Waals surface area contributed by atoms with E-state index in [9.17, 15) is 4.79 Å². The zero-order valence-electron chi connectivity index (χ0n) is 13.4. The van der Waals surface area contributed by atoms with E-state index >= 15 is 0 Å². The van der Waals surface area contributed by atoms with Crippen LogP contribution < -0.4 is 10.3 Å². The lowest BCUT2D eigenvalue weighted by Crippen LogP contribution is -2.26. The van der Waals surface area contributed by atoms with Gasteiger partial charge in [-0.05, 0) is 31.5 Å². The summed E-state index contributed by atoms with van der Waals surface area (Å²) in [6.07, 6.45) is 4.03. The molecule has 0 aliphatic rings. The lowest BCUT2D eigenvalue weighted by molar-refractivity contribution is 0.415. The molecule has 1 aromatic carbocycles. The number of fused-ring (bicyclic) bond motifs is 1. The average molecular weight is 313 g/mol. The van der Waals surface area contributed by atoms with E-state index in [2.05, 4.69) is 22.0 Å². The number of methoxy groups -OCH3 is 1. The zero-order valence-corrected chi connectivity index (χ0v) is 13.4. The predicted molar refractivity (Wildman–Crippen MR) is 86.7 cm³/mol. The number of hydrogen-bond acceptors (Lipinski definition) is 5. The van der Waals surface area contributed by atoms with Gasteiger partial charge in [-0.25, -0.2) is 14.6 Å². The van der Waals surface area contributed by atoms with E-state index in [4.69, 9.17) is 4.74 Å². The van der Waals surface area contributed by atoms with Crippen LogP contribution in [-0.2, 0) is 6.54 Å². The summed E-state index contributed by atoms with van der Waals surface area (Å²) in [5, 5.41) is 4.75. The van der Waals surface area contributed by atoms with Gasteiger partial charge in [0.2, 0.25) is 0 Å². The molecule has 0 unspecified atom stereocenters. The van der Waals surface area contributed by atoms with Gasteiger partial charge in [0.05, 0.1) is 30.4 Å². The van der Waals surface area contributed by atoms with Crippen LogP contribution in [0, 0.1) is 0 Å². The Kier molecular flexibility index (Phi) is 4.10. The molecule has 23 heavy (non-hydrogen) atoms. The van der Waals surface area contributed by atoms with Gasteiger partial charge in [-0.1, -0.05) is 6.92 Å². The highest BCUT2D eigenvalue weighted by molar-refractivity contribution is 5.78. The molecule has 0 bridgehead atoms. The van der Waals surface area contributed by atoms with Gasteiger partial charge < -0.3 is 4.74 Å². The number of aryl methyl sites for hydroxylation is 1.